The van der Waals surface area contributed by atoms with Crippen molar-refractivity contribution in [3.63, 3.8) is 0 Å². The number of hydrogen-bond donors (Lipinski definition) is 1. The maximum Gasteiger partial charge on any atom is 0.218 e. The van der Waals surface area contributed by atoms with E-state index in [0.717, 1.165) is 12.4 Å². The van der Waals surface area contributed by atoms with E-state index >= 15 is 0 Å². The quantitative estimate of drug-likeness (QED) is 0.870. The van der Waals surface area contributed by atoms with Crippen molar-refractivity contribution in [2.45, 2.75) is 46.0 Å². The van der Waals surface area contributed by atoms with E-state index in [2.05, 4.69) is 22.2 Å². The largest absolute Gasteiger partial charge is 0.478 e. The van der Waals surface area contributed by atoms with E-state index in [0.29, 0.717) is 17.9 Å². The van der Waals surface area contributed by atoms with E-state index in [9.17, 15) is 0 Å². The smallest absolute Gasteiger partial charge is 0.218 e. The first-order chi connectivity index (χ1) is 8.72. The molecule has 100 valence electrons. The van der Waals surface area contributed by atoms with Gasteiger partial charge in [0.1, 0.15) is 12.1 Å². The Bertz CT molecular complexity index is 375. The zero-order valence-electron chi connectivity index (χ0n) is 11.4. The van der Waals surface area contributed by atoms with Crippen LogP contribution in [0.15, 0.2) is 12.4 Å². The van der Waals surface area contributed by atoms with Crippen LogP contribution in [0.4, 0.5) is 5.82 Å². The van der Waals surface area contributed by atoms with Gasteiger partial charge in [0.15, 0.2) is 0 Å². The number of anilines is 1. The Morgan fingerprint density at radius 3 is 2.78 bits per heavy atom. The highest BCUT2D eigenvalue weighted by molar-refractivity contribution is 5.37. The van der Waals surface area contributed by atoms with E-state index in [4.69, 9.17) is 4.74 Å². The zero-order chi connectivity index (χ0) is 12.8. The lowest BCUT2D eigenvalue weighted by Gasteiger charge is -2.33. The van der Waals surface area contributed by atoms with Gasteiger partial charge in [-0.25, -0.2) is 9.97 Å². The second kappa shape index (κ2) is 6.03. The lowest BCUT2D eigenvalue weighted by atomic mass is 9.76. The van der Waals surface area contributed by atoms with Gasteiger partial charge in [0.05, 0.1) is 6.61 Å². The third-order valence-corrected chi connectivity index (χ3v) is 3.69. The van der Waals surface area contributed by atoms with Gasteiger partial charge in [0.25, 0.3) is 0 Å². The summed E-state index contributed by atoms with van der Waals surface area (Å²) in [6.45, 7) is 5.94. The lowest BCUT2D eigenvalue weighted by molar-refractivity contribution is 0.233. The van der Waals surface area contributed by atoms with Crippen LogP contribution in [-0.4, -0.2) is 23.1 Å². The molecule has 0 spiro atoms. The Morgan fingerprint density at radius 1 is 1.28 bits per heavy atom. The van der Waals surface area contributed by atoms with Crippen LogP contribution in [0.5, 0.6) is 5.88 Å². The molecule has 4 nitrogen and oxygen atoms in total. The first-order valence-corrected chi connectivity index (χ1v) is 6.91. The summed E-state index contributed by atoms with van der Waals surface area (Å²) in [5.74, 6) is 1.50. The van der Waals surface area contributed by atoms with Gasteiger partial charge >= 0.3 is 0 Å². The monoisotopic (exact) mass is 249 g/mol. The topological polar surface area (TPSA) is 47.0 Å². The Kier molecular flexibility index (Phi) is 4.39. The molecule has 0 amide bonds. The van der Waals surface area contributed by atoms with Crippen molar-refractivity contribution in [1.29, 1.82) is 0 Å². The van der Waals surface area contributed by atoms with Gasteiger partial charge in [0, 0.05) is 12.6 Å². The predicted octanol–water partition coefficient (Wildman–Crippen LogP) is 3.26. The van der Waals surface area contributed by atoms with Gasteiger partial charge in [-0.3, -0.25) is 0 Å². The molecule has 1 saturated carbocycles. The fourth-order valence-electron chi connectivity index (χ4n) is 2.55. The van der Waals surface area contributed by atoms with Crippen LogP contribution in [0.2, 0.25) is 0 Å². The maximum absolute atomic E-state index is 5.37. The van der Waals surface area contributed by atoms with Crippen LogP contribution < -0.4 is 10.1 Å². The van der Waals surface area contributed by atoms with Gasteiger partial charge < -0.3 is 10.1 Å². The Balaban J connectivity index is 1.90. The number of rotatable bonds is 5. The lowest BCUT2D eigenvalue weighted by Crippen LogP contribution is -2.29. The summed E-state index contributed by atoms with van der Waals surface area (Å²) in [5, 5.41) is 3.42. The molecule has 0 unspecified atom stereocenters. The van der Waals surface area contributed by atoms with Gasteiger partial charge in [0.2, 0.25) is 5.88 Å². The molecular weight excluding hydrogens is 226 g/mol. The van der Waals surface area contributed by atoms with Crippen LogP contribution in [-0.2, 0) is 0 Å². The molecule has 0 aromatic carbocycles. The fraction of sp³-hybridized carbons (Fsp3) is 0.714. The molecular formula is C14H23N3O. The molecule has 1 aliphatic rings. The fourth-order valence-corrected chi connectivity index (χ4v) is 2.55. The first kappa shape index (κ1) is 13.1. The molecule has 1 N–H and O–H groups in total. The van der Waals surface area contributed by atoms with E-state index in [-0.39, 0.29) is 0 Å². The van der Waals surface area contributed by atoms with Gasteiger partial charge in [-0.05, 0) is 25.2 Å². The van der Waals surface area contributed by atoms with Crippen LogP contribution in [0.25, 0.3) is 0 Å². The normalized spacial score (nSPS) is 18.3. The summed E-state index contributed by atoms with van der Waals surface area (Å²) in [4.78, 5) is 8.30. The predicted molar refractivity (Wildman–Crippen MR) is 72.9 cm³/mol. The minimum atomic E-state index is 0.412. The van der Waals surface area contributed by atoms with Crippen LogP contribution in [0.3, 0.4) is 0 Å². The number of nitrogens with one attached hydrogen (secondary N) is 1. The van der Waals surface area contributed by atoms with Crippen molar-refractivity contribution in [3.05, 3.63) is 12.4 Å². The first-order valence-electron chi connectivity index (χ1n) is 6.91. The highest BCUT2D eigenvalue weighted by Gasteiger charge is 2.26. The van der Waals surface area contributed by atoms with Crippen molar-refractivity contribution >= 4 is 5.82 Å². The van der Waals surface area contributed by atoms with Crippen LogP contribution >= 0.6 is 0 Å². The molecule has 1 heterocycles. The molecule has 0 atom stereocenters. The zero-order valence-corrected chi connectivity index (χ0v) is 11.4. The highest BCUT2D eigenvalue weighted by Crippen LogP contribution is 2.35. The van der Waals surface area contributed by atoms with E-state index < -0.39 is 0 Å². The number of aromatic nitrogens is 2. The third kappa shape index (κ3) is 3.59. The molecule has 0 aliphatic heterocycles. The minimum absolute atomic E-state index is 0.412. The summed E-state index contributed by atoms with van der Waals surface area (Å²) in [5.41, 5.74) is 0.412. The molecule has 1 aromatic heterocycles. The summed E-state index contributed by atoms with van der Waals surface area (Å²) in [7, 11) is 0. The van der Waals surface area contributed by atoms with Crippen molar-refractivity contribution in [1.82, 2.24) is 9.97 Å². The van der Waals surface area contributed by atoms with E-state index in [1.807, 2.05) is 13.0 Å². The van der Waals surface area contributed by atoms with Gasteiger partial charge in [-0.2, -0.15) is 0 Å². The molecule has 0 saturated heterocycles. The van der Waals surface area contributed by atoms with Crippen LogP contribution in [0, 0.1) is 5.41 Å². The van der Waals surface area contributed by atoms with Gasteiger partial charge in [-0.15, -0.1) is 0 Å². The van der Waals surface area contributed by atoms with Gasteiger partial charge in [-0.1, -0.05) is 26.2 Å². The average Bonchev–Trinajstić information content (AvgIpc) is 2.38. The molecule has 1 aromatic rings. The Labute approximate surface area is 109 Å². The molecule has 1 fully saturated rings. The second-order valence-corrected chi connectivity index (χ2v) is 5.40. The molecule has 4 heteroatoms. The minimum Gasteiger partial charge on any atom is -0.478 e. The molecule has 18 heavy (non-hydrogen) atoms. The highest BCUT2D eigenvalue weighted by atomic mass is 16.5. The van der Waals surface area contributed by atoms with Crippen molar-refractivity contribution in [2.24, 2.45) is 5.41 Å². The van der Waals surface area contributed by atoms with Crippen molar-refractivity contribution in [2.75, 3.05) is 18.5 Å². The van der Waals surface area contributed by atoms with E-state index in [1.54, 1.807) is 6.33 Å². The van der Waals surface area contributed by atoms with E-state index in [1.165, 1.54) is 32.1 Å². The molecule has 2 rings (SSSR count). The third-order valence-electron chi connectivity index (χ3n) is 3.69. The summed E-state index contributed by atoms with van der Waals surface area (Å²) < 4.78 is 5.37. The number of hydrogen-bond acceptors (Lipinski definition) is 4. The summed E-state index contributed by atoms with van der Waals surface area (Å²) >= 11 is 0. The molecule has 0 radical (unpaired) electrons. The second-order valence-electron chi connectivity index (χ2n) is 5.40. The number of ether oxygens (including phenoxy) is 1. The Hall–Kier alpha value is -1.32. The van der Waals surface area contributed by atoms with Crippen molar-refractivity contribution < 1.29 is 4.74 Å². The average molecular weight is 249 g/mol. The Morgan fingerprint density at radius 2 is 2.06 bits per heavy atom. The number of nitrogens with zero attached hydrogens (tertiary/aromatic N) is 2. The summed E-state index contributed by atoms with van der Waals surface area (Å²) in [6.07, 6.45) is 8.26. The molecule has 1 aliphatic carbocycles. The van der Waals surface area contributed by atoms with Crippen LogP contribution in [0.1, 0.15) is 46.0 Å². The standard InChI is InChI=1S/C14H23N3O/c1-3-18-13-9-12(16-11-17-13)15-10-14(2)7-5-4-6-8-14/h9,11H,3-8,10H2,1-2H3,(H,15,16,17). The molecule has 0 bridgehead atoms. The maximum atomic E-state index is 5.37. The summed E-state index contributed by atoms with van der Waals surface area (Å²) in [6, 6.07) is 1.87. The van der Waals surface area contributed by atoms with Crippen molar-refractivity contribution in [3.8, 4) is 5.88 Å². The SMILES string of the molecule is CCOc1cc(NCC2(C)CCCCC2)ncn1.